The van der Waals surface area contributed by atoms with E-state index in [0.717, 1.165) is 13.1 Å². The molecule has 0 atom stereocenters. The highest BCUT2D eigenvalue weighted by Gasteiger charge is 2.35. The maximum Gasteiger partial charge on any atom is 0.0347 e. The summed E-state index contributed by atoms with van der Waals surface area (Å²) in [4.78, 5) is 4.90. The largest absolute Gasteiger partial charge is 0.329 e. The van der Waals surface area contributed by atoms with Crippen LogP contribution in [-0.2, 0) is 0 Å². The molecule has 1 fully saturated rings. The van der Waals surface area contributed by atoms with Gasteiger partial charge >= 0.3 is 0 Å². The van der Waals surface area contributed by atoms with Crippen molar-refractivity contribution in [2.75, 3.05) is 51.8 Å². The van der Waals surface area contributed by atoms with Gasteiger partial charge in [0.1, 0.15) is 0 Å². The van der Waals surface area contributed by atoms with Crippen molar-refractivity contribution < 1.29 is 0 Å². The highest BCUT2D eigenvalue weighted by Crippen LogP contribution is 2.31. The van der Waals surface area contributed by atoms with Crippen LogP contribution in [0.3, 0.4) is 0 Å². The minimum Gasteiger partial charge on any atom is -0.329 e. The summed E-state index contributed by atoms with van der Waals surface area (Å²) in [5, 5.41) is 0. The lowest BCUT2D eigenvalue weighted by Crippen LogP contribution is -2.56. The Bertz CT molecular complexity index is 203. The third-order valence-corrected chi connectivity index (χ3v) is 4.87. The van der Waals surface area contributed by atoms with Crippen LogP contribution in [0.15, 0.2) is 0 Å². The Morgan fingerprint density at radius 3 is 2.29 bits per heavy atom. The summed E-state index contributed by atoms with van der Waals surface area (Å²) >= 11 is 2.08. The first-order valence-electron chi connectivity index (χ1n) is 6.82. The van der Waals surface area contributed by atoms with Crippen molar-refractivity contribution in [2.45, 2.75) is 31.7 Å². The van der Waals surface area contributed by atoms with Gasteiger partial charge < -0.3 is 10.6 Å². The van der Waals surface area contributed by atoms with Gasteiger partial charge in [0, 0.05) is 12.1 Å². The molecule has 2 N–H and O–H groups in total. The monoisotopic (exact) mass is 259 g/mol. The Labute approximate surface area is 111 Å². The predicted molar refractivity (Wildman–Crippen MR) is 78.8 cm³/mol. The molecule has 1 aliphatic heterocycles. The summed E-state index contributed by atoms with van der Waals surface area (Å²) in [5.74, 6) is 2.56. The topological polar surface area (TPSA) is 32.5 Å². The van der Waals surface area contributed by atoms with E-state index < -0.39 is 0 Å². The standard InChI is InChI=1S/C13H29N3S/c1-4-16(9-5-8-15(2)3)13(12-14)6-10-17-11-7-13/h4-12,14H2,1-3H3. The van der Waals surface area contributed by atoms with E-state index in [1.165, 1.54) is 43.9 Å². The van der Waals surface area contributed by atoms with Crippen molar-refractivity contribution in [3.63, 3.8) is 0 Å². The van der Waals surface area contributed by atoms with Crippen LogP contribution in [0.4, 0.5) is 0 Å². The van der Waals surface area contributed by atoms with E-state index in [4.69, 9.17) is 5.73 Å². The van der Waals surface area contributed by atoms with E-state index in [1.54, 1.807) is 0 Å². The van der Waals surface area contributed by atoms with Crippen LogP contribution < -0.4 is 5.73 Å². The lowest BCUT2D eigenvalue weighted by atomic mass is 9.89. The molecule has 0 aliphatic carbocycles. The molecule has 0 radical (unpaired) electrons. The second-order valence-corrected chi connectivity index (χ2v) is 6.50. The van der Waals surface area contributed by atoms with Gasteiger partial charge in [-0.25, -0.2) is 0 Å². The Morgan fingerprint density at radius 1 is 1.18 bits per heavy atom. The summed E-state index contributed by atoms with van der Waals surface area (Å²) in [6.07, 6.45) is 3.78. The number of thioether (sulfide) groups is 1. The summed E-state index contributed by atoms with van der Waals surface area (Å²) in [5.41, 5.74) is 6.38. The fourth-order valence-electron chi connectivity index (χ4n) is 2.71. The first kappa shape index (κ1) is 15.3. The molecule has 4 heteroatoms. The van der Waals surface area contributed by atoms with E-state index in [0.29, 0.717) is 5.54 Å². The zero-order chi connectivity index (χ0) is 12.7. The van der Waals surface area contributed by atoms with Gasteiger partial charge in [0.25, 0.3) is 0 Å². The molecule has 0 spiro atoms. The zero-order valence-corrected chi connectivity index (χ0v) is 12.6. The quantitative estimate of drug-likeness (QED) is 0.751. The number of rotatable bonds is 7. The van der Waals surface area contributed by atoms with Gasteiger partial charge in [-0.1, -0.05) is 6.92 Å². The molecule has 3 nitrogen and oxygen atoms in total. The molecule has 0 aromatic heterocycles. The third kappa shape index (κ3) is 4.43. The Hall–Kier alpha value is 0.230. The average molecular weight is 259 g/mol. The zero-order valence-electron chi connectivity index (χ0n) is 11.7. The Kier molecular flexibility index (Phi) is 6.85. The average Bonchev–Trinajstić information content (AvgIpc) is 2.35. The molecule has 0 amide bonds. The fourth-order valence-corrected chi connectivity index (χ4v) is 3.96. The van der Waals surface area contributed by atoms with Gasteiger partial charge in [0.05, 0.1) is 0 Å². The summed E-state index contributed by atoms with van der Waals surface area (Å²) < 4.78 is 0. The summed E-state index contributed by atoms with van der Waals surface area (Å²) in [6, 6.07) is 0. The van der Waals surface area contributed by atoms with E-state index in [-0.39, 0.29) is 0 Å². The molecule has 1 aliphatic rings. The number of hydrogen-bond acceptors (Lipinski definition) is 4. The van der Waals surface area contributed by atoms with E-state index in [9.17, 15) is 0 Å². The highest BCUT2D eigenvalue weighted by molar-refractivity contribution is 7.99. The molecule has 0 bridgehead atoms. The van der Waals surface area contributed by atoms with Crippen LogP contribution in [0.5, 0.6) is 0 Å². The summed E-state index contributed by atoms with van der Waals surface area (Å²) in [7, 11) is 4.29. The molecule has 1 saturated heterocycles. The van der Waals surface area contributed by atoms with Gasteiger partial charge in [0.15, 0.2) is 0 Å². The van der Waals surface area contributed by atoms with Crippen molar-refractivity contribution >= 4 is 11.8 Å². The van der Waals surface area contributed by atoms with Crippen LogP contribution in [0, 0.1) is 0 Å². The van der Waals surface area contributed by atoms with Crippen molar-refractivity contribution in [2.24, 2.45) is 5.73 Å². The third-order valence-electron chi connectivity index (χ3n) is 3.89. The van der Waals surface area contributed by atoms with Gasteiger partial charge in [0.2, 0.25) is 0 Å². The van der Waals surface area contributed by atoms with Crippen molar-refractivity contribution in [3.05, 3.63) is 0 Å². The van der Waals surface area contributed by atoms with Gasteiger partial charge in [-0.05, 0) is 64.5 Å². The molecule has 1 heterocycles. The number of nitrogens with zero attached hydrogens (tertiary/aromatic N) is 2. The predicted octanol–water partition coefficient (Wildman–Crippen LogP) is 1.48. The molecule has 0 aromatic carbocycles. The van der Waals surface area contributed by atoms with Crippen molar-refractivity contribution in [1.29, 1.82) is 0 Å². The Balaban J connectivity index is 2.50. The van der Waals surface area contributed by atoms with E-state index >= 15 is 0 Å². The molecule has 0 aromatic rings. The first-order valence-corrected chi connectivity index (χ1v) is 7.97. The van der Waals surface area contributed by atoms with Gasteiger partial charge in [-0.2, -0.15) is 11.8 Å². The first-order chi connectivity index (χ1) is 8.14. The van der Waals surface area contributed by atoms with Crippen LogP contribution in [0.25, 0.3) is 0 Å². The Morgan fingerprint density at radius 2 is 1.82 bits per heavy atom. The van der Waals surface area contributed by atoms with Crippen LogP contribution >= 0.6 is 11.8 Å². The van der Waals surface area contributed by atoms with Crippen LogP contribution in [0.1, 0.15) is 26.2 Å². The van der Waals surface area contributed by atoms with E-state index in [2.05, 4.69) is 42.6 Å². The highest BCUT2D eigenvalue weighted by atomic mass is 32.2. The number of hydrogen-bond donors (Lipinski definition) is 1. The molecule has 0 unspecified atom stereocenters. The number of nitrogens with two attached hydrogens (primary N) is 1. The second kappa shape index (κ2) is 7.62. The SMILES string of the molecule is CCN(CCCN(C)C)C1(CN)CCSCC1. The maximum atomic E-state index is 6.08. The molecule has 17 heavy (non-hydrogen) atoms. The molecular weight excluding hydrogens is 230 g/mol. The minimum absolute atomic E-state index is 0.298. The van der Waals surface area contributed by atoms with E-state index in [1.807, 2.05) is 0 Å². The maximum absolute atomic E-state index is 6.08. The van der Waals surface area contributed by atoms with Gasteiger partial charge in [-0.15, -0.1) is 0 Å². The normalized spacial score (nSPS) is 20.1. The summed E-state index contributed by atoms with van der Waals surface area (Å²) in [6.45, 7) is 6.59. The lowest BCUT2D eigenvalue weighted by molar-refractivity contribution is 0.0866. The number of likely N-dealkylation sites (N-methyl/N-ethyl adjacent to an activating group) is 1. The van der Waals surface area contributed by atoms with Crippen molar-refractivity contribution in [3.8, 4) is 0 Å². The molecular formula is C13H29N3S. The van der Waals surface area contributed by atoms with Crippen LogP contribution in [0.2, 0.25) is 0 Å². The molecule has 1 rings (SSSR count). The van der Waals surface area contributed by atoms with Crippen molar-refractivity contribution in [1.82, 2.24) is 9.80 Å². The van der Waals surface area contributed by atoms with Crippen LogP contribution in [-0.4, -0.2) is 67.1 Å². The lowest BCUT2D eigenvalue weighted by Gasteiger charge is -2.45. The fraction of sp³-hybridized carbons (Fsp3) is 1.00. The smallest absolute Gasteiger partial charge is 0.0347 e. The second-order valence-electron chi connectivity index (χ2n) is 5.28. The minimum atomic E-state index is 0.298. The molecule has 102 valence electrons. The molecule has 0 saturated carbocycles. The van der Waals surface area contributed by atoms with Gasteiger partial charge in [-0.3, -0.25) is 4.90 Å².